The van der Waals surface area contributed by atoms with Gasteiger partial charge >= 0.3 is 0 Å². The lowest BCUT2D eigenvalue weighted by Gasteiger charge is -2.24. The Bertz CT molecular complexity index is 1680. The lowest BCUT2D eigenvalue weighted by Crippen LogP contribution is -2.15. The van der Waals surface area contributed by atoms with Gasteiger partial charge in [0.05, 0.1) is 11.2 Å². The molecule has 0 amide bonds. The van der Waals surface area contributed by atoms with E-state index in [2.05, 4.69) is 122 Å². The molecule has 0 radical (unpaired) electrons. The van der Waals surface area contributed by atoms with Gasteiger partial charge in [0.25, 0.3) is 0 Å². The monoisotopic (exact) mass is 409 g/mol. The van der Waals surface area contributed by atoms with Crippen molar-refractivity contribution in [1.29, 1.82) is 0 Å². The minimum Gasteiger partial charge on any atom is -0.309 e. The zero-order valence-electron chi connectivity index (χ0n) is 18.3. The van der Waals surface area contributed by atoms with E-state index in [-0.39, 0.29) is 5.41 Å². The van der Waals surface area contributed by atoms with Gasteiger partial charge in [0.15, 0.2) is 0 Å². The van der Waals surface area contributed by atoms with Gasteiger partial charge in [-0.2, -0.15) is 0 Å². The van der Waals surface area contributed by atoms with Gasteiger partial charge in [0, 0.05) is 22.1 Å². The predicted molar refractivity (Wildman–Crippen MR) is 136 cm³/mol. The Balaban J connectivity index is 1.79. The Morgan fingerprint density at radius 1 is 0.500 bits per heavy atom. The molecule has 0 atom stereocenters. The SMILES string of the molecule is CC1(C)c2c(c3ccccc3c3ccccc23)-c2c1c1ccccc1n2-c1ccccc1. The van der Waals surface area contributed by atoms with Crippen LogP contribution in [-0.2, 0) is 5.41 Å². The first kappa shape index (κ1) is 17.8. The normalized spacial score (nSPS) is 14.2. The Labute approximate surface area is 187 Å². The third-order valence-corrected chi connectivity index (χ3v) is 7.31. The highest BCUT2D eigenvalue weighted by Gasteiger charge is 2.42. The van der Waals surface area contributed by atoms with Crippen molar-refractivity contribution >= 4 is 32.4 Å². The van der Waals surface area contributed by atoms with E-state index in [4.69, 9.17) is 0 Å². The summed E-state index contributed by atoms with van der Waals surface area (Å²) in [6, 6.07) is 37.6. The highest BCUT2D eigenvalue weighted by atomic mass is 15.0. The van der Waals surface area contributed by atoms with Crippen LogP contribution in [0.2, 0.25) is 0 Å². The largest absolute Gasteiger partial charge is 0.309 e. The van der Waals surface area contributed by atoms with Crippen LogP contribution in [0.1, 0.15) is 25.0 Å². The van der Waals surface area contributed by atoms with Crippen LogP contribution in [-0.4, -0.2) is 4.57 Å². The Kier molecular flexibility index (Phi) is 3.40. The van der Waals surface area contributed by atoms with Gasteiger partial charge in [-0.15, -0.1) is 0 Å². The van der Waals surface area contributed by atoms with Crippen molar-refractivity contribution < 1.29 is 0 Å². The lowest BCUT2D eigenvalue weighted by molar-refractivity contribution is 0.672. The maximum atomic E-state index is 2.49. The van der Waals surface area contributed by atoms with E-state index in [0.717, 1.165) is 0 Å². The summed E-state index contributed by atoms with van der Waals surface area (Å²) < 4.78 is 2.49. The fourth-order valence-electron chi connectivity index (χ4n) is 6.12. The summed E-state index contributed by atoms with van der Waals surface area (Å²) in [5.74, 6) is 0. The zero-order valence-corrected chi connectivity index (χ0v) is 18.3. The summed E-state index contributed by atoms with van der Waals surface area (Å²) in [6.07, 6.45) is 0. The van der Waals surface area contributed by atoms with E-state index in [1.54, 1.807) is 0 Å². The van der Waals surface area contributed by atoms with Crippen LogP contribution in [0.4, 0.5) is 0 Å². The Morgan fingerprint density at radius 2 is 1.03 bits per heavy atom. The minimum atomic E-state index is -0.103. The number of aromatic nitrogens is 1. The molecule has 1 aliphatic carbocycles. The molecule has 1 heteroatoms. The molecule has 5 aromatic carbocycles. The van der Waals surface area contributed by atoms with E-state index in [0.29, 0.717) is 0 Å². The third kappa shape index (κ3) is 2.08. The van der Waals surface area contributed by atoms with Crippen LogP contribution in [0.15, 0.2) is 103 Å². The first-order valence-electron chi connectivity index (χ1n) is 11.3. The van der Waals surface area contributed by atoms with Crippen LogP contribution in [0.3, 0.4) is 0 Å². The molecule has 1 heterocycles. The van der Waals surface area contributed by atoms with Crippen molar-refractivity contribution in [2.24, 2.45) is 0 Å². The van der Waals surface area contributed by atoms with Gasteiger partial charge in [-0.05, 0) is 50.9 Å². The molecule has 1 aromatic heterocycles. The van der Waals surface area contributed by atoms with E-state index in [9.17, 15) is 0 Å². The molecule has 0 saturated carbocycles. The second-order valence-electron chi connectivity index (χ2n) is 9.38. The fraction of sp³-hybridized carbons (Fsp3) is 0.0968. The number of nitrogens with zero attached hydrogens (tertiary/aromatic N) is 1. The van der Waals surface area contributed by atoms with Crippen molar-refractivity contribution in [2.75, 3.05) is 0 Å². The summed E-state index contributed by atoms with van der Waals surface area (Å²) in [4.78, 5) is 0. The summed E-state index contributed by atoms with van der Waals surface area (Å²) in [6.45, 7) is 4.81. The second-order valence-corrected chi connectivity index (χ2v) is 9.38. The first-order valence-corrected chi connectivity index (χ1v) is 11.3. The maximum absolute atomic E-state index is 2.49. The number of hydrogen-bond donors (Lipinski definition) is 0. The van der Waals surface area contributed by atoms with Gasteiger partial charge in [-0.25, -0.2) is 0 Å². The quantitative estimate of drug-likeness (QED) is 0.241. The number of para-hydroxylation sites is 2. The topological polar surface area (TPSA) is 4.93 Å². The van der Waals surface area contributed by atoms with E-state index >= 15 is 0 Å². The van der Waals surface area contributed by atoms with Crippen molar-refractivity contribution in [1.82, 2.24) is 4.57 Å². The predicted octanol–water partition coefficient (Wildman–Crippen LogP) is 8.24. The van der Waals surface area contributed by atoms with Gasteiger partial charge in [-0.3, -0.25) is 0 Å². The van der Waals surface area contributed by atoms with E-state index < -0.39 is 0 Å². The number of hydrogen-bond acceptors (Lipinski definition) is 0. The van der Waals surface area contributed by atoms with E-state index in [1.165, 1.54) is 60.5 Å². The van der Waals surface area contributed by atoms with Crippen LogP contribution >= 0.6 is 0 Å². The van der Waals surface area contributed by atoms with Crippen LogP contribution in [0.25, 0.3) is 49.4 Å². The smallest absolute Gasteiger partial charge is 0.0591 e. The zero-order chi connectivity index (χ0) is 21.4. The molecule has 0 aliphatic heterocycles. The van der Waals surface area contributed by atoms with Gasteiger partial charge < -0.3 is 4.57 Å². The summed E-state index contributed by atoms with van der Waals surface area (Å²) >= 11 is 0. The molecule has 0 unspecified atom stereocenters. The fourth-order valence-corrected chi connectivity index (χ4v) is 6.12. The molecule has 152 valence electrons. The van der Waals surface area contributed by atoms with Gasteiger partial charge in [-0.1, -0.05) is 98.8 Å². The molecule has 0 bridgehead atoms. The number of benzene rings is 5. The van der Waals surface area contributed by atoms with Crippen molar-refractivity contribution in [3.8, 4) is 16.9 Å². The van der Waals surface area contributed by atoms with Crippen LogP contribution < -0.4 is 0 Å². The summed E-state index contributed by atoms with van der Waals surface area (Å²) in [5.41, 5.74) is 8.01. The average molecular weight is 410 g/mol. The Hall–Kier alpha value is -3.84. The molecule has 6 aromatic rings. The average Bonchev–Trinajstić information content (AvgIpc) is 3.30. The molecule has 1 aliphatic rings. The third-order valence-electron chi connectivity index (χ3n) is 7.31. The number of rotatable bonds is 1. The van der Waals surface area contributed by atoms with Gasteiger partial charge in [0.2, 0.25) is 0 Å². The molecule has 0 saturated heterocycles. The van der Waals surface area contributed by atoms with Crippen LogP contribution in [0, 0.1) is 0 Å². The van der Waals surface area contributed by atoms with E-state index in [1.807, 2.05) is 0 Å². The highest BCUT2D eigenvalue weighted by molar-refractivity contribution is 6.19. The van der Waals surface area contributed by atoms with Crippen molar-refractivity contribution in [3.63, 3.8) is 0 Å². The maximum Gasteiger partial charge on any atom is 0.0591 e. The molecular weight excluding hydrogens is 386 g/mol. The number of fused-ring (bicyclic) bond motifs is 10. The first-order chi connectivity index (χ1) is 15.7. The molecular formula is C31H23N. The molecule has 0 spiro atoms. The lowest BCUT2D eigenvalue weighted by atomic mass is 9.78. The van der Waals surface area contributed by atoms with Gasteiger partial charge in [0.1, 0.15) is 0 Å². The minimum absolute atomic E-state index is 0.103. The summed E-state index contributed by atoms with van der Waals surface area (Å²) in [7, 11) is 0. The Morgan fingerprint density at radius 3 is 1.75 bits per heavy atom. The molecule has 0 N–H and O–H groups in total. The molecule has 0 fully saturated rings. The van der Waals surface area contributed by atoms with Crippen molar-refractivity contribution in [2.45, 2.75) is 19.3 Å². The highest BCUT2D eigenvalue weighted by Crippen LogP contribution is 2.57. The molecule has 7 rings (SSSR count). The molecule has 1 nitrogen and oxygen atoms in total. The molecule has 32 heavy (non-hydrogen) atoms. The summed E-state index contributed by atoms with van der Waals surface area (Å²) in [5, 5.41) is 6.73. The van der Waals surface area contributed by atoms with Crippen LogP contribution in [0.5, 0.6) is 0 Å². The van der Waals surface area contributed by atoms with Crippen molar-refractivity contribution in [3.05, 3.63) is 114 Å². The second kappa shape index (κ2) is 6.11. The standard InChI is InChI=1S/C31H23N/c1-31(2)28-24-17-9-7-15-22(24)21-14-6-8-16-23(21)27(28)30-29(31)25-18-10-11-19-26(25)32(30)20-12-4-3-5-13-20/h3-19H,1-2H3.